The zero-order valence-electron chi connectivity index (χ0n) is 12.2. The minimum Gasteiger partial charge on any atom is -0.396 e. The largest absolute Gasteiger partial charge is 0.396 e. The standard InChI is InChI=1S/C16H24N2O/c1-11(2)14(10-19)16(17-3)13-9-18(4)15-8-6-5-7-12(13)15/h5-9,11,14,16-17,19H,10H2,1-4H3. The van der Waals surface area contributed by atoms with E-state index in [-0.39, 0.29) is 18.6 Å². The highest BCUT2D eigenvalue weighted by Crippen LogP contribution is 2.33. The molecule has 0 aliphatic carbocycles. The van der Waals surface area contributed by atoms with Crippen LogP contribution in [0.25, 0.3) is 10.9 Å². The predicted octanol–water partition coefficient (Wildman–Crippen LogP) is 2.70. The van der Waals surface area contributed by atoms with Crippen molar-refractivity contribution in [1.29, 1.82) is 0 Å². The Morgan fingerprint density at radius 2 is 1.95 bits per heavy atom. The Hall–Kier alpha value is -1.32. The molecule has 2 aromatic rings. The summed E-state index contributed by atoms with van der Waals surface area (Å²) in [6.45, 7) is 4.53. The van der Waals surface area contributed by atoms with E-state index in [2.05, 4.69) is 61.2 Å². The van der Waals surface area contributed by atoms with Crippen LogP contribution in [0.3, 0.4) is 0 Å². The zero-order chi connectivity index (χ0) is 14.0. The minimum atomic E-state index is 0.177. The lowest BCUT2D eigenvalue weighted by Gasteiger charge is -2.28. The normalized spacial score (nSPS) is 15.1. The quantitative estimate of drug-likeness (QED) is 0.867. The summed E-state index contributed by atoms with van der Waals surface area (Å²) in [4.78, 5) is 0. The number of nitrogens with zero attached hydrogens (tertiary/aromatic N) is 1. The van der Waals surface area contributed by atoms with Gasteiger partial charge in [-0.05, 0) is 24.6 Å². The second-order valence-electron chi connectivity index (χ2n) is 5.57. The van der Waals surface area contributed by atoms with Gasteiger partial charge in [0.1, 0.15) is 0 Å². The lowest BCUT2D eigenvalue weighted by atomic mass is 9.85. The summed E-state index contributed by atoms with van der Waals surface area (Å²) < 4.78 is 2.16. The molecule has 104 valence electrons. The lowest BCUT2D eigenvalue weighted by Crippen LogP contribution is -2.31. The molecular formula is C16H24N2O. The van der Waals surface area contributed by atoms with Gasteiger partial charge < -0.3 is 15.0 Å². The Bertz CT molecular complexity index is 545. The van der Waals surface area contributed by atoms with Gasteiger partial charge in [0, 0.05) is 42.7 Å². The van der Waals surface area contributed by atoms with Crippen LogP contribution in [-0.4, -0.2) is 23.3 Å². The number of fused-ring (bicyclic) bond motifs is 1. The molecule has 2 N–H and O–H groups in total. The fourth-order valence-electron chi connectivity index (χ4n) is 2.92. The zero-order valence-corrected chi connectivity index (χ0v) is 12.2. The Morgan fingerprint density at radius 3 is 2.53 bits per heavy atom. The molecule has 0 spiro atoms. The fourth-order valence-corrected chi connectivity index (χ4v) is 2.92. The number of hydrogen-bond acceptors (Lipinski definition) is 2. The fraction of sp³-hybridized carbons (Fsp3) is 0.500. The Balaban J connectivity index is 2.52. The Morgan fingerprint density at radius 1 is 1.26 bits per heavy atom. The van der Waals surface area contributed by atoms with Crippen LogP contribution in [0.1, 0.15) is 25.5 Å². The molecule has 0 radical (unpaired) electrons. The van der Waals surface area contributed by atoms with E-state index in [1.165, 1.54) is 16.5 Å². The van der Waals surface area contributed by atoms with E-state index in [4.69, 9.17) is 0 Å². The van der Waals surface area contributed by atoms with Crippen molar-refractivity contribution in [2.75, 3.05) is 13.7 Å². The summed E-state index contributed by atoms with van der Waals surface area (Å²) in [5.74, 6) is 0.650. The van der Waals surface area contributed by atoms with Gasteiger partial charge in [-0.25, -0.2) is 0 Å². The number of aromatic nitrogens is 1. The highest BCUT2D eigenvalue weighted by molar-refractivity contribution is 5.84. The summed E-state index contributed by atoms with van der Waals surface area (Å²) >= 11 is 0. The molecule has 2 rings (SSSR count). The molecule has 1 aromatic heterocycles. The highest BCUT2D eigenvalue weighted by Gasteiger charge is 2.26. The molecule has 0 aliphatic heterocycles. The summed E-state index contributed by atoms with van der Waals surface area (Å²) in [7, 11) is 4.04. The first-order chi connectivity index (χ1) is 9.10. The molecule has 2 unspecified atom stereocenters. The van der Waals surface area contributed by atoms with Crippen molar-refractivity contribution in [3.05, 3.63) is 36.0 Å². The van der Waals surface area contributed by atoms with Crippen LogP contribution < -0.4 is 5.32 Å². The van der Waals surface area contributed by atoms with Crippen molar-refractivity contribution in [1.82, 2.24) is 9.88 Å². The number of aliphatic hydroxyl groups excluding tert-OH is 1. The molecule has 1 aromatic carbocycles. The SMILES string of the molecule is CNC(c1cn(C)c2ccccc12)C(CO)C(C)C. The van der Waals surface area contributed by atoms with E-state index in [1.807, 2.05) is 7.05 Å². The summed E-state index contributed by atoms with van der Waals surface area (Å²) in [5, 5.41) is 14.3. The first kappa shape index (κ1) is 14.1. The van der Waals surface area contributed by atoms with Crippen LogP contribution in [0.4, 0.5) is 0 Å². The van der Waals surface area contributed by atoms with Crippen LogP contribution in [-0.2, 0) is 7.05 Å². The maximum atomic E-state index is 9.69. The molecule has 19 heavy (non-hydrogen) atoms. The number of aryl methyl sites for hydroxylation is 1. The molecule has 0 saturated carbocycles. The molecule has 0 bridgehead atoms. The van der Waals surface area contributed by atoms with Crippen LogP contribution in [0.2, 0.25) is 0 Å². The number of nitrogens with one attached hydrogen (secondary N) is 1. The van der Waals surface area contributed by atoms with Crippen molar-refractivity contribution >= 4 is 10.9 Å². The second-order valence-corrected chi connectivity index (χ2v) is 5.57. The third-order valence-electron chi connectivity index (χ3n) is 4.07. The van der Waals surface area contributed by atoms with E-state index < -0.39 is 0 Å². The molecule has 0 amide bonds. The van der Waals surface area contributed by atoms with Gasteiger partial charge in [-0.15, -0.1) is 0 Å². The van der Waals surface area contributed by atoms with E-state index in [9.17, 15) is 5.11 Å². The van der Waals surface area contributed by atoms with Gasteiger partial charge in [-0.2, -0.15) is 0 Å². The van der Waals surface area contributed by atoms with Gasteiger partial charge in [0.15, 0.2) is 0 Å². The van der Waals surface area contributed by atoms with Gasteiger partial charge in [0.05, 0.1) is 0 Å². The van der Waals surface area contributed by atoms with Gasteiger partial charge >= 0.3 is 0 Å². The molecule has 0 fully saturated rings. The van der Waals surface area contributed by atoms with Crippen molar-refractivity contribution in [2.24, 2.45) is 18.9 Å². The van der Waals surface area contributed by atoms with Crippen LogP contribution in [0.5, 0.6) is 0 Å². The number of rotatable bonds is 5. The molecule has 1 heterocycles. The van der Waals surface area contributed by atoms with Crippen LogP contribution in [0.15, 0.2) is 30.5 Å². The summed E-state index contributed by atoms with van der Waals surface area (Å²) in [5.41, 5.74) is 2.51. The topological polar surface area (TPSA) is 37.2 Å². The van der Waals surface area contributed by atoms with Crippen molar-refractivity contribution in [2.45, 2.75) is 19.9 Å². The smallest absolute Gasteiger partial charge is 0.0481 e. The Kier molecular flexibility index (Phi) is 4.27. The summed E-state index contributed by atoms with van der Waals surface area (Å²) in [6, 6.07) is 8.60. The first-order valence-electron chi connectivity index (χ1n) is 6.92. The van der Waals surface area contributed by atoms with Crippen molar-refractivity contribution < 1.29 is 5.11 Å². The average Bonchev–Trinajstić information content (AvgIpc) is 2.73. The van der Waals surface area contributed by atoms with Crippen LogP contribution >= 0.6 is 0 Å². The van der Waals surface area contributed by atoms with Crippen molar-refractivity contribution in [3.63, 3.8) is 0 Å². The van der Waals surface area contributed by atoms with Gasteiger partial charge in [-0.1, -0.05) is 32.0 Å². The summed E-state index contributed by atoms with van der Waals surface area (Å²) in [6.07, 6.45) is 2.18. The number of hydrogen-bond donors (Lipinski definition) is 2. The van der Waals surface area contributed by atoms with E-state index in [0.29, 0.717) is 5.92 Å². The first-order valence-corrected chi connectivity index (χ1v) is 6.92. The highest BCUT2D eigenvalue weighted by atomic mass is 16.3. The van der Waals surface area contributed by atoms with Gasteiger partial charge in [-0.3, -0.25) is 0 Å². The third-order valence-corrected chi connectivity index (χ3v) is 4.07. The van der Waals surface area contributed by atoms with E-state index in [0.717, 1.165) is 0 Å². The van der Waals surface area contributed by atoms with E-state index in [1.54, 1.807) is 0 Å². The monoisotopic (exact) mass is 260 g/mol. The molecular weight excluding hydrogens is 236 g/mol. The average molecular weight is 260 g/mol. The van der Waals surface area contributed by atoms with Crippen molar-refractivity contribution in [3.8, 4) is 0 Å². The van der Waals surface area contributed by atoms with E-state index >= 15 is 0 Å². The Labute approximate surface area is 115 Å². The lowest BCUT2D eigenvalue weighted by molar-refractivity contribution is 0.154. The maximum Gasteiger partial charge on any atom is 0.0481 e. The maximum absolute atomic E-state index is 9.69. The minimum absolute atomic E-state index is 0.177. The van der Waals surface area contributed by atoms with Gasteiger partial charge in [0.25, 0.3) is 0 Å². The van der Waals surface area contributed by atoms with Crippen LogP contribution in [0, 0.1) is 11.8 Å². The van der Waals surface area contributed by atoms with Gasteiger partial charge in [0.2, 0.25) is 0 Å². The predicted molar refractivity (Wildman–Crippen MR) is 80.1 cm³/mol. The molecule has 2 atom stereocenters. The number of para-hydroxylation sites is 1. The molecule has 0 aliphatic rings. The number of benzene rings is 1. The molecule has 3 nitrogen and oxygen atoms in total. The molecule has 3 heteroatoms. The third kappa shape index (κ3) is 2.53. The second kappa shape index (κ2) is 5.76. The number of aliphatic hydroxyl groups is 1. The molecule has 0 saturated heterocycles.